The summed E-state index contributed by atoms with van der Waals surface area (Å²) in [6, 6.07) is 14.1. The number of nitrogens with zero attached hydrogens (tertiary/aromatic N) is 3. The minimum Gasteiger partial charge on any atom is -0.480 e. The van der Waals surface area contributed by atoms with Crippen molar-refractivity contribution in [2.24, 2.45) is 0 Å². The molecule has 5 nitrogen and oxygen atoms in total. The monoisotopic (exact) mass is 335 g/mol. The average Bonchev–Trinajstić information content (AvgIpc) is 3.10. The number of fused-ring (bicyclic) bond motifs is 1. The molecule has 25 heavy (non-hydrogen) atoms. The standard InChI is InChI=1S/C19H14FN3O2/c1-11-7-8-12-10-14(18(24-2)21-16(12)9-11)17-22-19(25-23-17)13-5-3-4-6-15(13)20/h3-10H,1-2H3. The number of rotatable bonds is 3. The molecule has 0 radical (unpaired) electrons. The largest absolute Gasteiger partial charge is 0.480 e. The Bertz CT molecular complexity index is 1080. The smallest absolute Gasteiger partial charge is 0.261 e. The predicted octanol–water partition coefficient (Wildman–Crippen LogP) is 4.41. The van der Waals surface area contributed by atoms with Crippen LogP contribution in [0.2, 0.25) is 0 Å². The molecule has 0 fully saturated rings. The van der Waals surface area contributed by atoms with Crippen LogP contribution in [0, 0.1) is 12.7 Å². The van der Waals surface area contributed by atoms with E-state index in [-0.39, 0.29) is 11.5 Å². The summed E-state index contributed by atoms with van der Waals surface area (Å²) in [7, 11) is 1.53. The summed E-state index contributed by atoms with van der Waals surface area (Å²) in [6.07, 6.45) is 0. The quantitative estimate of drug-likeness (QED) is 0.555. The highest BCUT2D eigenvalue weighted by Crippen LogP contribution is 2.32. The summed E-state index contributed by atoms with van der Waals surface area (Å²) in [6.45, 7) is 2.00. The van der Waals surface area contributed by atoms with Gasteiger partial charge >= 0.3 is 0 Å². The molecule has 6 heteroatoms. The first-order chi connectivity index (χ1) is 12.2. The Kier molecular flexibility index (Phi) is 3.65. The Morgan fingerprint density at radius 1 is 1.00 bits per heavy atom. The zero-order chi connectivity index (χ0) is 17.4. The number of aryl methyl sites for hydroxylation is 1. The summed E-state index contributed by atoms with van der Waals surface area (Å²) in [5, 5.41) is 4.89. The van der Waals surface area contributed by atoms with Crippen LogP contribution in [0.25, 0.3) is 33.7 Å². The van der Waals surface area contributed by atoms with Crippen LogP contribution in [0.15, 0.2) is 53.1 Å². The third-order valence-electron chi connectivity index (χ3n) is 3.90. The Morgan fingerprint density at radius 2 is 1.84 bits per heavy atom. The van der Waals surface area contributed by atoms with Gasteiger partial charge in [-0.1, -0.05) is 29.4 Å². The van der Waals surface area contributed by atoms with Crippen LogP contribution in [0.3, 0.4) is 0 Å². The molecule has 0 saturated heterocycles. The molecule has 0 aliphatic rings. The lowest BCUT2D eigenvalue weighted by atomic mass is 10.1. The van der Waals surface area contributed by atoms with Crippen molar-refractivity contribution < 1.29 is 13.7 Å². The van der Waals surface area contributed by atoms with E-state index >= 15 is 0 Å². The molecular weight excluding hydrogens is 321 g/mol. The van der Waals surface area contributed by atoms with Gasteiger partial charge in [0.25, 0.3) is 5.89 Å². The second kappa shape index (κ2) is 5.98. The topological polar surface area (TPSA) is 61.0 Å². The summed E-state index contributed by atoms with van der Waals surface area (Å²) in [4.78, 5) is 8.82. The van der Waals surface area contributed by atoms with Crippen molar-refractivity contribution in [3.8, 4) is 28.7 Å². The van der Waals surface area contributed by atoms with Crippen molar-refractivity contribution in [2.45, 2.75) is 6.92 Å². The van der Waals surface area contributed by atoms with Crippen molar-refractivity contribution >= 4 is 10.9 Å². The molecule has 4 aromatic rings. The highest BCUT2D eigenvalue weighted by atomic mass is 19.1. The predicted molar refractivity (Wildman–Crippen MR) is 91.7 cm³/mol. The molecule has 0 bridgehead atoms. The van der Waals surface area contributed by atoms with Gasteiger partial charge in [-0.15, -0.1) is 0 Å². The first-order valence-electron chi connectivity index (χ1n) is 7.70. The van der Waals surface area contributed by atoms with Crippen LogP contribution in [0.4, 0.5) is 4.39 Å². The lowest BCUT2D eigenvalue weighted by molar-refractivity contribution is 0.399. The third-order valence-corrected chi connectivity index (χ3v) is 3.90. The van der Waals surface area contributed by atoms with Gasteiger partial charge < -0.3 is 9.26 Å². The molecule has 0 atom stereocenters. The van der Waals surface area contributed by atoms with E-state index in [9.17, 15) is 4.39 Å². The van der Waals surface area contributed by atoms with Gasteiger partial charge in [0.1, 0.15) is 5.82 Å². The van der Waals surface area contributed by atoms with E-state index in [4.69, 9.17) is 9.26 Å². The van der Waals surface area contributed by atoms with E-state index in [0.29, 0.717) is 17.3 Å². The van der Waals surface area contributed by atoms with Crippen molar-refractivity contribution in [3.05, 3.63) is 59.9 Å². The zero-order valence-corrected chi connectivity index (χ0v) is 13.7. The summed E-state index contributed by atoms with van der Waals surface area (Å²) < 4.78 is 24.5. The van der Waals surface area contributed by atoms with E-state index < -0.39 is 5.82 Å². The van der Waals surface area contributed by atoms with Crippen molar-refractivity contribution in [3.63, 3.8) is 0 Å². The third kappa shape index (κ3) is 2.71. The van der Waals surface area contributed by atoms with Gasteiger partial charge in [0, 0.05) is 5.39 Å². The lowest BCUT2D eigenvalue weighted by Crippen LogP contribution is -1.94. The SMILES string of the molecule is COc1nc2cc(C)ccc2cc1-c1noc(-c2ccccc2F)n1. The summed E-state index contributed by atoms with van der Waals surface area (Å²) in [5.74, 6) is 0.375. The number of pyridine rings is 1. The van der Waals surface area contributed by atoms with Crippen molar-refractivity contribution in [1.29, 1.82) is 0 Å². The minimum absolute atomic E-state index is 0.110. The number of aromatic nitrogens is 3. The molecule has 0 amide bonds. The maximum atomic E-state index is 13.9. The molecule has 2 heterocycles. The van der Waals surface area contributed by atoms with Crippen LogP contribution in [0.1, 0.15) is 5.56 Å². The van der Waals surface area contributed by atoms with Gasteiger partial charge in [-0.25, -0.2) is 9.37 Å². The fraction of sp³-hybridized carbons (Fsp3) is 0.105. The number of hydrogen-bond donors (Lipinski definition) is 0. The van der Waals surface area contributed by atoms with Crippen molar-refractivity contribution in [2.75, 3.05) is 7.11 Å². The molecule has 2 aromatic carbocycles. The first kappa shape index (κ1) is 15.3. The second-order valence-electron chi connectivity index (χ2n) is 5.64. The molecule has 0 unspecified atom stereocenters. The molecule has 0 aliphatic heterocycles. The molecule has 2 aromatic heterocycles. The van der Waals surface area contributed by atoms with Gasteiger partial charge in [0.2, 0.25) is 11.7 Å². The molecular formula is C19H14FN3O2. The lowest BCUT2D eigenvalue weighted by Gasteiger charge is -2.07. The molecule has 0 aliphatic carbocycles. The summed E-state index contributed by atoms with van der Waals surface area (Å²) >= 11 is 0. The van der Waals surface area contributed by atoms with Crippen LogP contribution in [-0.4, -0.2) is 22.2 Å². The number of methoxy groups -OCH3 is 1. The minimum atomic E-state index is -0.420. The fourth-order valence-corrected chi connectivity index (χ4v) is 2.65. The van der Waals surface area contributed by atoms with Crippen LogP contribution >= 0.6 is 0 Å². The first-order valence-corrected chi connectivity index (χ1v) is 7.70. The van der Waals surface area contributed by atoms with Gasteiger partial charge in [-0.2, -0.15) is 4.98 Å². The fourth-order valence-electron chi connectivity index (χ4n) is 2.65. The Labute approximate surface area is 143 Å². The molecule has 0 spiro atoms. The van der Waals surface area contributed by atoms with Gasteiger partial charge in [-0.05, 0) is 36.8 Å². The van der Waals surface area contributed by atoms with E-state index in [1.807, 2.05) is 31.2 Å². The highest BCUT2D eigenvalue weighted by Gasteiger charge is 2.18. The second-order valence-corrected chi connectivity index (χ2v) is 5.64. The zero-order valence-electron chi connectivity index (χ0n) is 13.7. The maximum absolute atomic E-state index is 13.9. The van der Waals surface area contributed by atoms with E-state index in [1.54, 1.807) is 18.2 Å². The van der Waals surface area contributed by atoms with Crippen molar-refractivity contribution in [1.82, 2.24) is 15.1 Å². The normalized spacial score (nSPS) is 11.0. The average molecular weight is 335 g/mol. The van der Waals surface area contributed by atoms with Crippen LogP contribution < -0.4 is 4.74 Å². The number of ether oxygens (including phenoxy) is 1. The highest BCUT2D eigenvalue weighted by molar-refractivity contribution is 5.85. The number of halogens is 1. The number of benzene rings is 2. The molecule has 124 valence electrons. The van der Waals surface area contributed by atoms with Crippen LogP contribution in [-0.2, 0) is 0 Å². The molecule has 4 rings (SSSR count). The number of hydrogen-bond acceptors (Lipinski definition) is 5. The summed E-state index contributed by atoms with van der Waals surface area (Å²) in [5.41, 5.74) is 2.77. The molecule has 0 N–H and O–H groups in total. The van der Waals surface area contributed by atoms with Crippen LogP contribution in [0.5, 0.6) is 5.88 Å². The van der Waals surface area contributed by atoms with Gasteiger partial charge in [-0.3, -0.25) is 0 Å². The van der Waals surface area contributed by atoms with E-state index in [1.165, 1.54) is 13.2 Å². The van der Waals surface area contributed by atoms with E-state index in [2.05, 4.69) is 15.1 Å². The van der Waals surface area contributed by atoms with Gasteiger partial charge in [0.15, 0.2) is 0 Å². The molecule has 0 saturated carbocycles. The Hall–Kier alpha value is -3.28. The Morgan fingerprint density at radius 3 is 2.64 bits per heavy atom. The Balaban J connectivity index is 1.85. The van der Waals surface area contributed by atoms with E-state index in [0.717, 1.165) is 16.5 Å². The van der Waals surface area contributed by atoms with Gasteiger partial charge in [0.05, 0.1) is 23.8 Å². The maximum Gasteiger partial charge on any atom is 0.261 e.